The van der Waals surface area contributed by atoms with E-state index in [9.17, 15) is 8.42 Å². The van der Waals surface area contributed by atoms with Crippen molar-refractivity contribution in [2.24, 2.45) is 13.0 Å². The Labute approximate surface area is 171 Å². The van der Waals surface area contributed by atoms with Crippen LogP contribution >= 0.6 is 0 Å². The van der Waals surface area contributed by atoms with Crippen LogP contribution in [0.15, 0.2) is 24.8 Å². The predicted molar refractivity (Wildman–Crippen MR) is 112 cm³/mol. The molecule has 1 atom stereocenters. The van der Waals surface area contributed by atoms with Crippen molar-refractivity contribution in [3.05, 3.63) is 24.8 Å². The zero-order chi connectivity index (χ0) is 19.7. The minimum atomic E-state index is -3.15. The van der Waals surface area contributed by atoms with E-state index in [0.717, 1.165) is 29.6 Å². The zero-order valence-corrected chi connectivity index (χ0v) is 16.8. The lowest BCUT2D eigenvalue weighted by Gasteiger charge is -2.31. The average Bonchev–Trinajstić information content (AvgIpc) is 3.28. The third kappa shape index (κ3) is 4.56. The number of rotatable bonds is 6. The molecule has 3 aromatic heterocycles. The molecule has 10 nitrogen and oxygen atoms in total. The summed E-state index contributed by atoms with van der Waals surface area (Å²) in [4.78, 5) is 8.93. The van der Waals surface area contributed by atoms with E-state index in [4.69, 9.17) is 0 Å². The molecule has 0 saturated carbocycles. The number of nitrogens with zero attached hydrogens (tertiary/aromatic N) is 7. The van der Waals surface area contributed by atoms with E-state index >= 15 is 0 Å². The van der Waals surface area contributed by atoms with Crippen LogP contribution in [0.5, 0.6) is 0 Å². The maximum absolute atomic E-state index is 12.2. The van der Waals surface area contributed by atoms with Crippen molar-refractivity contribution >= 4 is 32.7 Å². The Morgan fingerprint density at radius 2 is 2.07 bits per heavy atom. The molecule has 4 heterocycles. The maximum atomic E-state index is 12.2. The van der Waals surface area contributed by atoms with Gasteiger partial charge in [0.15, 0.2) is 5.65 Å². The van der Waals surface area contributed by atoms with Gasteiger partial charge < -0.3 is 5.32 Å². The summed E-state index contributed by atoms with van der Waals surface area (Å²) < 4.78 is 29.6. The van der Waals surface area contributed by atoms with Gasteiger partial charge in [-0.2, -0.15) is 15.2 Å². The summed E-state index contributed by atoms with van der Waals surface area (Å²) >= 11 is 0. The van der Waals surface area contributed by atoms with E-state index in [1.54, 1.807) is 34.5 Å². The smallest absolute Gasteiger partial charge is 0.229 e. The topological polar surface area (TPSA) is 111 Å². The van der Waals surface area contributed by atoms with Gasteiger partial charge in [0.2, 0.25) is 16.0 Å². The minimum Gasteiger partial charge on any atom is -0.321 e. The molecule has 3 aromatic rings. The van der Waals surface area contributed by atoms with Crippen LogP contribution in [0.4, 0.5) is 11.6 Å². The first-order valence-corrected chi connectivity index (χ1v) is 11.0. The Morgan fingerprint density at radius 3 is 2.79 bits per heavy atom. The molecule has 0 radical (unpaired) electrons. The quantitative estimate of drug-likeness (QED) is 0.649. The van der Waals surface area contributed by atoms with Crippen LogP contribution in [0, 0.1) is 5.92 Å². The average molecular weight is 421 g/mol. The van der Waals surface area contributed by atoms with Gasteiger partial charge in [-0.15, -0.1) is 0 Å². The number of piperidine rings is 1. The summed E-state index contributed by atoms with van der Waals surface area (Å²) in [5.41, 5.74) is 1.54. The van der Waals surface area contributed by atoms with Crippen LogP contribution in [0.25, 0.3) is 11.0 Å². The second-order valence-corrected chi connectivity index (χ2v) is 9.35. The second-order valence-electron chi connectivity index (χ2n) is 7.09. The van der Waals surface area contributed by atoms with Crippen LogP contribution < -0.4 is 5.32 Å². The molecule has 29 heavy (non-hydrogen) atoms. The highest BCUT2D eigenvalue weighted by molar-refractivity contribution is 7.89. The Balaban J connectivity index is 0.00000240. The molecule has 11 heteroatoms. The van der Waals surface area contributed by atoms with Crippen molar-refractivity contribution in [3.8, 4) is 0 Å². The van der Waals surface area contributed by atoms with E-state index in [1.807, 2.05) is 17.9 Å². The summed E-state index contributed by atoms with van der Waals surface area (Å²) in [6, 6.07) is 0. The van der Waals surface area contributed by atoms with Gasteiger partial charge in [0.1, 0.15) is 0 Å². The number of hydrogen-bond acceptors (Lipinski definition) is 7. The number of hydrogen-bond donors (Lipinski definition) is 1. The third-order valence-corrected chi connectivity index (χ3v) is 6.86. The Hall–Kier alpha value is -2.53. The molecule has 0 spiro atoms. The van der Waals surface area contributed by atoms with Crippen LogP contribution in [-0.4, -0.2) is 61.1 Å². The van der Waals surface area contributed by atoms with Crippen LogP contribution in [0.3, 0.4) is 0 Å². The van der Waals surface area contributed by atoms with Gasteiger partial charge in [-0.05, 0) is 25.7 Å². The second kappa shape index (κ2) is 8.46. The van der Waals surface area contributed by atoms with Crippen molar-refractivity contribution in [1.29, 1.82) is 0 Å². The van der Waals surface area contributed by atoms with E-state index < -0.39 is 10.0 Å². The van der Waals surface area contributed by atoms with Crippen LogP contribution in [0.1, 0.15) is 27.2 Å². The van der Waals surface area contributed by atoms with Gasteiger partial charge in [-0.3, -0.25) is 4.68 Å². The van der Waals surface area contributed by atoms with Crippen molar-refractivity contribution in [3.63, 3.8) is 0 Å². The highest BCUT2D eigenvalue weighted by Gasteiger charge is 2.28. The number of sulfonamides is 1. The molecule has 0 amide bonds. The highest BCUT2D eigenvalue weighted by Crippen LogP contribution is 2.23. The molecule has 1 aliphatic heterocycles. The monoisotopic (exact) mass is 420 g/mol. The molecular weight excluding hydrogens is 392 g/mol. The van der Waals surface area contributed by atoms with E-state index in [0.29, 0.717) is 25.6 Å². The fraction of sp³-hybridized carbons (Fsp3) is 0.556. The summed E-state index contributed by atoms with van der Waals surface area (Å²) in [7, 11) is -1.31. The lowest BCUT2D eigenvalue weighted by Crippen LogP contribution is -2.41. The summed E-state index contributed by atoms with van der Waals surface area (Å²) in [5.74, 6) is 0.824. The number of aryl methyl sites for hydroxylation is 1. The van der Waals surface area contributed by atoms with E-state index in [-0.39, 0.29) is 19.1 Å². The molecule has 1 unspecified atom stereocenters. The largest absolute Gasteiger partial charge is 0.321 e. The molecule has 1 aliphatic rings. The van der Waals surface area contributed by atoms with E-state index in [2.05, 4.69) is 25.5 Å². The standard InChI is InChI=1S/C17H24N8O2S.CH4/c1-3-28(26,27)24-6-4-5-13(10-24)11-25-16-14(8-20-25)7-18-17(22-16)21-15-9-19-23(2)12-15;/h7-9,12-13H,3-6,10-11H2,1-2H3,(H,18,21,22);1H4. The first kappa shape index (κ1) is 21.2. The maximum Gasteiger partial charge on any atom is 0.229 e. The first-order chi connectivity index (χ1) is 13.4. The summed E-state index contributed by atoms with van der Waals surface area (Å²) in [5, 5.41) is 12.6. The van der Waals surface area contributed by atoms with Gasteiger partial charge in [-0.25, -0.2) is 22.4 Å². The Bertz CT molecular complexity index is 1070. The molecule has 1 fully saturated rings. The molecule has 1 saturated heterocycles. The van der Waals surface area contributed by atoms with Gasteiger partial charge >= 0.3 is 0 Å². The SMILES string of the molecule is C.CCS(=O)(=O)N1CCCC(Cn2ncc3cnc(Nc4cnn(C)c4)nc32)C1. The first-order valence-electron chi connectivity index (χ1n) is 9.36. The minimum absolute atomic E-state index is 0. The van der Waals surface area contributed by atoms with Crippen molar-refractivity contribution < 1.29 is 8.42 Å². The molecule has 4 rings (SSSR count). The highest BCUT2D eigenvalue weighted by atomic mass is 32.2. The fourth-order valence-electron chi connectivity index (χ4n) is 3.53. The Morgan fingerprint density at radius 1 is 1.24 bits per heavy atom. The number of nitrogens with one attached hydrogen (secondary N) is 1. The lowest BCUT2D eigenvalue weighted by molar-refractivity contribution is 0.241. The molecule has 0 aliphatic carbocycles. The predicted octanol–water partition coefficient (Wildman–Crippen LogP) is 2.00. The lowest BCUT2D eigenvalue weighted by atomic mass is 10.00. The van der Waals surface area contributed by atoms with E-state index in [1.165, 1.54) is 0 Å². The Kier molecular flexibility index (Phi) is 6.18. The van der Waals surface area contributed by atoms with Crippen molar-refractivity contribution in [2.75, 3.05) is 24.2 Å². The zero-order valence-electron chi connectivity index (χ0n) is 16.0. The fourth-order valence-corrected chi connectivity index (χ4v) is 4.74. The number of fused-ring (bicyclic) bond motifs is 1. The van der Waals surface area contributed by atoms with Gasteiger partial charge in [0.05, 0.1) is 29.2 Å². The van der Waals surface area contributed by atoms with Crippen LogP contribution in [-0.2, 0) is 23.6 Å². The number of anilines is 2. The molecule has 1 N–H and O–H groups in total. The summed E-state index contributed by atoms with van der Waals surface area (Å²) in [6.07, 6.45) is 8.87. The van der Waals surface area contributed by atoms with Gasteiger partial charge in [0.25, 0.3) is 0 Å². The van der Waals surface area contributed by atoms with Gasteiger partial charge in [-0.1, -0.05) is 7.43 Å². The third-order valence-electron chi connectivity index (χ3n) is 5.01. The summed E-state index contributed by atoms with van der Waals surface area (Å²) in [6.45, 7) is 3.45. The molecule has 0 bridgehead atoms. The normalized spacial score (nSPS) is 17.9. The van der Waals surface area contributed by atoms with Crippen molar-refractivity contribution in [2.45, 2.75) is 33.7 Å². The van der Waals surface area contributed by atoms with Crippen molar-refractivity contribution in [1.82, 2.24) is 33.8 Å². The van der Waals surface area contributed by atoms with Gasteiger partial charge in [0, 0.05) is 39.1 Å². The molecule has 158 valence electrons. The van der Waals surface area contributed by atoms with Crippen LogP contribution in [0.2, 0.25) is 0 Å². The molecule has 0 aromatic carbocycles. The molecular formula is C18H28N8O2S. The number of aromatic nitrogens is 6.